The van der Waals surface area contributed by atoms with Crippen molar-refractivity contribution in [1.82, 2.24) is 5.32 Å². The Kier molecular flexibility index (Phi) is 8.20. The molecule has 0 aliphatic rings. The van der Waals surface area contributed by atoms with Crippen LogP contribution in [0, 0.1) is 10.1 Å². The van der Waals surface area contributed by atoms with Crippen LogP contribution in [0.3, 0.4) is 0 Å². The van der Waals surface area contributed by atoms with Gasteiger partial charge in [0.15, 0.2) is 11.5 Å². The maximum atomic E-state index is 12.5. The van der Waals surface area contributed by atoms with Crippen LogP contribution < -0.4 is 14.8 Å². The van der Waals surface area contributed by atoms with Crippen LogP contribution in [0.25, 0.3) is 0 Å². The van der Waals surface area contributed by atoms with Crippen LogP contribution in [-0.2, 0) is 11.2 Å². The summed E-state index contributed by atoms with van der Waals surface area (Å²) in [5.74, 6) is -0.0643. The van der Waals surface area contributed by atoms with Gasteiger partial charge in [-0.1, -0.05) is 6.07 Å². The van der Waals surface area contributed by atoms with Crippen LogP contribution in [0.2, 0.25) is 0 Å². The van der Waals surface area contributed by atoms with E-state index in [1.807, 2.05) is 0 Å². The third-order valence-corrected chi connectivity index (χ3v) is 5.00. The molecule has 0 saturated carbocycles. The molecule has 0 fully saturated rings. The van der Waals surface area contributed by atoms with E-state index in [2.05, 4.69) is 10.1 Å². The Hall–Kier alpha value is -2.88. The second kappa shape index (κ2) is 10.6. The molecule has 0 bridgehead atoms. The van der Waals surface area contributed by atoms with Gasteiger partial charge in [0.1, 0.15) is 0 Å². The zero-order valence-electron chi connectivity index (χ0n) is 15.8. The molecule has 0 aliphatic carbocycles. The molecule has 2 aromatic rings. The lowest BCUT2D eigenvalue weighted by molar-refractivity contribution is -0.384. The number of benzene rings is 2. The lowest BCUT2D eigenvalue weighted by Crippen LogP contribution is -2.32. The highest BCUT2D eigenvalue weighted by Gasteiger charge is 2.15. The summed E-state index contributed by atoms with van der Waals surface area (Å²) in [4.78, 5) is 23.2. The maximum absolute atomic E-state index is 12.5. The molecule has 1 N–H and O–H groups in total. The number of nitro groups is 1. The van der Waals surface area contributed by atoms with Crippen LogP contribution >= 0.6 is 11.8 Å². The van der Waals surface area contributed by atoms with E-state index in [9.17, 15) is 23.7 Å². The normalized spacial score (nSPS) is 11.8. The zero-order chi connectivity index (χ0) is 21.4. The minimum Gasteiger partial charge on any atom is -0.493 e. The lowest BCUT2D eigenvalue weighted by atomic mass is 10.1. The largest absolute Gasteiger partial charge is 0.493 e. The van der Waals surface area contributed by atoms with E-state index in [1.54, 1.807) is 25.1 Å². The predicted octanol–water partition coefficient (Wildman–Crippen LogP) is 4.04. The summed E-state index contributed by atoms with van der Waals surface area (Å²) in [5.41, 5.74) is 0.693. The first-order valence-corrected chi connectivity index (χ1v) is 9.48. The highest BCUT2D eigenvalue weighted by molar-refractivity contribution is 8.00. The van der Waals surface area contributed by atoms with Gasteiger partial charge in [-0.05, 0) is 43.2 Å². The fourth-order valence-corrected chi connectivity index (χ4v) is 3.33. The molecule has 1 atom stereocenters. The average molecular weight is 426 g/mol. The molecule has 7 nitrogen and oxygen atoms in total. The Balaban J connectivity index is 1.86. The number of thioether (sulfide) groups is 1. The van der Waals surface area contributed by atoms with E-state index >= 15 is 0 Å². The molecule has 0 aromatic heterocycles. The SMILES string of the molecule is COc1ccc(CCNC(=O)C(C)Sc2ccc([N+](=O)[O-])cc2)cc1OC(F)F. The van der Waals surface area contributed by atoms with Gasteiger partial charge in [0.2, 0.25) is 5.91 Å². The average Bonchev–Trinajstić information content (AvgIpc) is 2.68. The number of methoxy groups -OCH3 is 1. The van der Waals surface area contributed by atoms with E-state index in [4.69, 9.17) is 4.74 Å². The standard InChI is InChI=1S/C19H20F2N2O5S/c1-12(29-15-6-4-14(5-7-15)23(25)26)18(24)22-10-9-13-3-8-16(27-2)17(11-13)28-19(20)21/h3-8,11-12,19H,9-10H2,1-2H3,(H,22,24). The van der Waals surface area contributed by atoms with Crippen LogP contribution in [0.4, 0.5) is 14.5 Å². The van der Waals surface area contributed by atoms with Gasteiger partial charge in [-0.2, -0.15) is 8.78 Å². The van der Waals surface area contributed by atoms with E-state index < -0.39 is 16.8 Å². The number of halogens is 2. The monoisotopic (exact) mass is 426 g/mol. The van der Waals surface area contributed by atoms with Crippen molar-refractivity contribution in [2.75, 3.05) is 13.7 Å². The first kappa shape index (κ1) is 22.4. The van der Waals surface area contributed by atoms with E-state index in [0.717, 1.165) is 4.90 Å². The third kappa shape index (κ3) is 6.90. The summed E-state index contributed by atoms with van der Waals surface area (Å²) < 4.78 is 34.4. The van der Waals surface area contributed by atoms with Gasteiger partial charge >= 0.3 is 6.61 Å². The molecule has 156 valence electrons. The van der Waals surface area contributed by atoms with Gasteiger partial charge in [-0.25, -0.2) is 0 Å². The summed E-state index contributed by atoms with van der Waals surface area (Å²) in [6.45, 7) is -0.926. The van der Waals surface area contributed by atoms with Gasteiger partial charge in [0.25, 0.3) is 5.69 Å². The number of nitrogens with one attached hydrogen (secondary N) is 1. The molecule has 1 amide bonds. The van der Waals surface area contributed by atoms with Crippen LogP contribution in [0.15, 0.2) is 47.4 Å². The van der Waals surface area contributed by atoms with Crippen molar-refractivity contribution in [1.29, 1.82) is 0 Å². The van der Waals surface area contributed by atoms with Gasteiger partial charge in [-0.3, -0.25) is 14.9 Å². The number of alkyl halides is 2. The molecule has 0 heterocycles. The number of ether oxygens (including phenoxy) is 2. The molecule has 2 rings (SSSR count). The van der Waals surface area contributed by atoms with E-state index in [-0.39, 0.29) is 23.1 Å². The molecule has 2 aromatic carbocycles. The topological polar surface area (TPSA) is 90.7 Å². The van der Waals surface area contributed by atoms with Crippen LogP contribution in [-0.4, -0.2) is 36.3 Å². The highest BCUT2D eigenvalue weighted by Crippen LogP contribution is 2.29. The van der Waals surface area contributed by atoms with Gasteiger partial charge < -0.3 is 14.8 Å². The minimum atomic E-state index is -2.96. The summed E-state index contributed by atoms with van der Waals surface area (Å²) in [6, 6.07) is 10.6. The second-order valence-corrected chi connectivity index (χ2v) is 7.33. The van der Waals surface area contributed by atoms with Crippen molar-refractivity contribution in [3.63, 3.8) is 0 Å². The van der Waals surface area contributed by atoms with E-state index in [0.29, 0.717) is 18.5 Å². The number of amides is 1. The zero-order valence-corrected chi connectivity index (χ0v) is 16.6. The maximum Gasteiger partial charge on any atom is 0.387 e. The Morgan fingerprint density at radius 1 is 1.21 bits per heavy atom. The second-order valence-electron chi connectivity index (χ2n) is 5.92. The number of rotatable bonds is 10. The van der Waals surface area contributed by atoms with Crippen molar-refractivity contribution in [2.24, 2.45) is 0 Å². The fraction of sp³-hybridized carbons (Fsp3) is 0.316. The lowest BCUT2D eigenvalue weighted by Gasteiger charge is -2.13. The van der Waals surface area contributed by atoms with Crippen molar-refractivity contribution < 1.29 is 28.0 Å². The highest BCUT2D eigenvalue weighted by atomic mass is 32.2. The molecule has 0 aliphatic heterocycles. The molecule has 10 heteroatoms. The van der Waals surface area contributed by atoms with Gasteiger partial charge in [0, 0.05) is 23.6 Å². The first-order chi connectivity index (χ1) is 13.8. The number of nitro benzene ring substituents is 1. The molecule has 0 radical (unpaired) electrons. The summed E-state index contributed by atoms with van der Waals surface area (Å²) >= 11 is 1.28. The number of hydrogen-bond acceptors (Lipinski definition) is 6. The Morgan fingerprint density at radius 3 is 2.48 bits per heavy atom. The van der Waals surface area contributed by atoms with Crippen molar-refractivity contribution >= 4 is 23.4 Å². The number of carbonyl (C=O) groups excluding carboxylic acids is 1. The summed E-state index contributed by atoms with van der Waals surface area (Å²) in [7, 11) is 1.36. The number of hydrogen-bond donors (Lipinski definition) is 1. The van der Waals surface area contributed by atoms with Crippen LogP contribution in [0.1, 0.15) is 12.5 Å². The smallest absolute Gasteiger partial charge is 0.387 e. The molecule has 29 heavy (non-hydrogen) atoms. The molecule has 0 saturated heterocycles. The first-order valence-electron chi connectivity index (χ1n) is 8.60. The molecular weight excluding hydrogens is 406 g/mol. The Bertz CT molecular complexity index is 849. The molecule has 1 unspecified atom stereocenters. The third-order valence-electron chi connectivity index (χ3n) is 3.89. The van der Waals surface area contributed by atoms with Crippen molar-refractivity contribution in [3.05, 3.63) is 58.1 Å². The predicted molar refractivity (Wildman–Crippen MR) is 105 cm³/mol. The summed E-state index contributed by atoms with van der Waals surface area (Å²) in [5, 5.41) is 13.0. The quantitative estimate of drug-likeness (QED) is 0.350. The minimum absolute atomic E-state index is 0.0128. The molecular formula is C19H20F2N2O5S. The van der Waals surface area contributed by atoms with Crippen molar-refractivity contribution in [3.8, 4) is 11.5 Å². The van der Waals surface area contributed by atoms with E-state index in [1.165, 1.54) is 43.1 Å². The number of non-ortho nitro benzene ring substituents is 1. The van der Waals surface area contributed by atoms with Crippen molar-refractivity contribution in [2.45, 2.75) is 30.1 Å². The van der Waals surface area contributed by atoms with Gasteiger partial charge in [0.05, 0.1) is 17.3 Å². The Labute approximate surface area is 170 Å². The fourth-order valence-electron chi connectivity index (χ4n) is 2.44. The summed E-state index contributed by atoms with van der Waals surface area (Å²) in [6.07, 6.45) is 0.421. The van der Waals surface area contributed by atoms with Gasteiger partial charge in [-0.15, -0.1) is 11.8 Å². The number of nitrogens with zero attached hydrogens (tertiary/aromatic N) is 1. The Morgan fingerprint density at radius 2 is 1.90 bits per heavy atom. The molecule has 0 spiro atoms. The van der Waals surface area contributed by atoms with Crippen LogP contribution in [0.5, 0.6) is 11.5 Å². The number of carbonyl (C=O) groups is 1.